The van der Waals surface area contributed by atoms with E-state index < -0.39 is 28.8 Å². The van der Waals surface area contributed by atoms with Crippen LogP contribution in [0.1, 0.15) is 186 Å². The van der Waals surface area contributed by atoms with Crippen LogP contribution in [0, 0.1) is 35.5 Å². The molecule has 1 fully saturated rings. The molecule has 0 bridgehead atoms. The Kier molecular flexibility index (Phi) is 21.4. The van der Waals surface area contributed by atoms with Crippen molar-refractivity contribution < 1.29 is 21.8 Å². The van der Waals surface area contributed by atoms with Gasteiger partial charge in [0, 0.05) is 26.3 Å². The SMILES string of the molecule is CCCCCCCCCC[Si]1(OC)OC(C)(C)C(C)C(C)C(C)C(C)C(C)C(C)(C(C)C)O[Si](CCCCCCCCCC)(OC)O1. The zero-order valence-electron chi connectivity index (χ0n) is 34.2. The van der Waals surface area contributed by atoms with Crippen molar-refractivity contribution in [1.29, 1.82) is 0 Å². The third-order valence-electron chi connectivity index (χ3n) is 12.8. The van der Waals surface area contributed by atoms with Gasteiger partial charge in [-0.25, -0.2) is 0 Å². The minimum Gasteiger partial charge on any atom is -0.377 e. The van der Waals surface area contributed by atoms with E-state index in [2.05, 4.69) is 83.1 Å². The second kappa shape index (κ2) is 22.2. The Morgan fingerprint density at radius 1 is 0.532 bits per heavy atom. The fraction of sp³-hybridized carbons (Fsp3) is 1.00. The Bertz CT molecular complexity index is 811. The largest absolute Gasteiger partial charge is 0.493 e. The van der Waals surface area contributed by atoms with E-state index in [4.69, 9.17) is 21.8 Å². The van der Waals surface area contributed by atoms with Gasteiger partial charge in [-0.05, 0) is 69.1 Å². The van der Waals surface area contributed by atoms with E-state index in [1.165, 1.54) is 89.9 Å². The van der Waals surface area contributed by atoms with Gasteiger partial charge in [-0.3, -0.25) is 0 Å². The van der Waals surface area contributed by atoms with Crippen LogP contribution in [-0.2, 0) is 21.8 Å². The van der Waals surface area contributed by atoms with Crippen LogP contribution in [-0.4, -0.2) is 43.0 Å². The van der Waals surface area contributed by atoms with E-state index in [1.807, 2.05) is 14.2 Å². The highest BCUT2D eigenvalue weighted by molar-refractivity contribution is 6.75. The molecule has 1 aliphatic rings. The summed E-state index contributed by atoms with van der Waals surface area (Å²) in [5.74, 6) is 2.38. The van der Waals surface area contributed by atoms with E-state index in [0.29, 0.717) is 35.5 Å². The standard InChI is InChI=1S/C40H84O5Si2/c1-15-17-19-21-23-25-27-29-31-46(41-13)43-39(10,11)37(8)35(6)34(5)36(7)38(9)40(12,33(3)4)44-47(42-14,45-46)32-30-28-26-24-22-20-18-16-2/h33-38H,15-32H2,1-14H3. The van der Waals surface area contributed by atoms with Crippen LogP contribution in [0.4, 0.5) is 0 Å². The molecule has 0 saturated carbocycles. The van der Waals surface area contributed by atoms with E-state index in [0.717, 1.165) is 24.9 Å². The highest BCUT2D eigenvalue weighted by Crippen LogP contribution is 2.47. The molecule has 7 heteroatoms. The summed E-state index contributed by atoms with van der Waals surface area (Å²) in [5.41, 5.74) is -0.813. The monoisotopic (exact) mass is 701 g/mol. The Morgan fingerprint density at radius 2 is 0.894 bits per heavy atom. The molecule has 8 unspecified atom stereocenters. The molecule has 0 N–H and O–H groups in total. The van der Waals surface area contributed by atoms with E-state index >= 15 is 0 Å². The van der Waals surface area contributed by atoms with Gasteiger partial charge in [0.25, 0.3) is 0 Å². The summed E-state index contributed by atoms with van der Waals surface area (Å²) in [5, 5.41) is 0. The highest BCUT2D eigenvalue weighted by atomic mass is 28.5. The molecule has 0 amide bonds. The van der Waals surface area contributed by atoms with E-state index in [-0.39, 0.29) is 0 Å². The van der Waals surface area contributed by atoms with Crippen LogP contribution in [0.25, 0.3) is 0 Å². The second-order valence-corrected chi connectivity index (χ2v) is 22.4. The molecule has 0 aliphatic carbocycles. The summed E-state index contributed by atoms with van der Waals surface area (Å²) in [7, 11) is -2.79. The highest BCUT2D eigenvalue weighted by Gasteiger charge is 2.59. The van der Waals surface area contributed by atoms with Crippen molar-refractivity contribution in [3.63, 3.8) is 0 Å². The second-order valence-electron chi connectivity index (χ2n) is 16.6. The first-order valence-electron chi connectivity index (χ1n) is 20.3. The summed E-state index contributed by atoms with van der Waals surface area (Å²) in [4.78, 5) is 0. The third-order valence-corrected chi connectivity index (χ3v) is 20.0. The number of hydrogen-bond acceptors (Lipinski definition) is 5. The first kappa shape index (κ1) is 45.3. The summed E-state index contributed by atoms with van der Waals surface area (Å²) >= 11 is 0. The quantitative estimate of drug-likeness (QED) is 0.0881. The minimum absolute atomic E-state index is 0.302. The van der Waals surface area contributed by atoms with Gasteiger partial charge >= 0.3 is 17.6 Å². The normalized spacial score (nSPS) is 33.9. The average Bonchev–Trinajstić information content (AvgIpc) is 3.04. The molecule has 0 radical (unpaired) electrons. The van der Waals surface area contributed by atoms with Gasteiger partial charge in [0.15, 0.2) is 0 Å². The maximum atomic E-state index is 7.54. The molecule has 282 valence electrons. The topological polar surface area (TPSA) is 46.2 Å². The lowest BCUT2D eigenvalue weighted by molar-refractivity contribution is -0.111. The molecule has 0 aromatic rings. The molecule has 0 aromatic carbocycles. The lowest BCUT2D eigenvalue weighted by atomic mass is 9.65. The first-order chi connectivity index (χ1) is 22.1. The van der Waals surface area contributed by atoms with Gasteiger partial charge in [0.05, 0.1) is 11.2 Å². The van der Waals surface area contributed by atoms with Crippen molar-refractivity contribution in [2.75, 3.05) is 14.2 Å². The van der Waals surface area contributed by atoms with Crippen LogP contribution < -0.4 is 0 Å². The van der Waals surface area contributed by atoms with Crippen LogP contribution in [0.2, 0.25) is 12.1 Å². The molecule has 8 atom stereocenters. The van der Waals surface area contributed by atoms with Crippen LogP contribution in [0.3, 0.4) is 0 Å². The molecule has 47 heavy (non-hydrogen) atoms. The zero-order chi connectivity index (χ0) is 35.7. The van der Waals surface area contributed by atoms with E-state index in [1.54, 1.807) is 0 Å². The molecular formula is C40H84O5Si2. The summed E-state index contributed by atoms with van der Waals surface area (Å²) in [6.45, 7) is 28.2. The number of unbranched alkanes of at least 4 members (excludes halogenated alkanes) is 14. The van der Waals surface area contributed by atoms with Crippen LogP contribution >= 0.6 is 0 Å². The fourth-order valence-corrected chi connectivity index (χ4v) is 15.9. The summed E-state index contributed by atoms with van der Waals surface area (Å²) in [6.07, 6.45) is 20.2. The van der Waals surface area contributed by atoms with E-state index in [9.17, 15) is 0 Å². The van der Waals surface area contributed by atoms with Crippen molar-refractivity contribution in [3.8, 4) is 0 Å². The fourth-order valence-electron chi connectivity index (χ4n) is 7.91. The number of hydrogen-bond donors (Lipinski definition) is 0. The molecule has 5 nitrogen and oxygen atoms in total. The van der Waals surface area contributed by atoms with Gasteiger partial charge in [-0.2, -0.15) is 0 Å². The molecule has 1 rings (SSSR count). The molecule has 1 heterocycles. The average molecular weight is 701 g/mol. The van der Waals surface area contributed by atoms with Gasteiger partial charge in [-0.1, -0.05) is 152 Å². The summed E-state index contributed by atoms with van der Waals surface area (Å²) in [6, 6.07) is 1.62. The summed E-state index contributed by atoms with van der Waals surface area (Å²) < 4.78 is 35.6. The van der Waals surface area contributed by atoms with Crippen molar-refractivity contribution in [2.45, 2.75) is 209 Å². The Balaban J connectivity index is 3.52. The minimum atomic E-state index is -3.24. The molecular weight excluding hydrogens is 617 g/mol. The van der Waals surface area contributed by atoms with Crippen LogP contribution in [0.15, 0.2) is 0 Å². The van der Waals surface area contributed by atoms with Crippen molar-refractivity contribution in [2.24, 2.45) is 35.5 Å². The van der Waals surface area contributed by atoms with Crippen molar-refractivity contribution in [3.05, 3.63) is 0 Å². The Hall–Kier alpha value is 0.234. The number of rotatable bonds is 21. The molecule has 0 spiro atoms. The lowest BCUT2D eigenvalue weighted by Crippen LogP contribution is -2.65. The third kappa shape index (κ3) is 14.1. The van der Waals surface area contributed by atoms with Crippen LogP contribution in [0.5, 0.6) is 0 Å². The Morgan fingerprint density at radius 3 is 1.28 bits per heavy atom. The maximum absolute atomic E-state index is 7.54. The predicted molar refractivity (Wildman–Crippen MR) is 207 cm³/mol. The predicted octanol–water partition coefficient (Wildman–Crippen LogP) is 12.9. The smallest absolute Gasteiger partial charge is 0.377 e. The van der Waals surface area contributed by atoms with Crippen molar-refractivity contribution in [1.82, 2.24) is 0 Å². The molecule has 1 aliphatic heterocycles. The first-order valence-corrected chi connectivity index (χ1v) is 24.2. The van der Waals surface area contributed by atoms with Gasteiger partial charge in [-0.15, -0.1) is 0 Å². The Labute approximate surface area is 297 Å². The molecule has 0 aromatic heterocycles. The van der Waals surface area contributed by atoms with Gasteiger partial charge < -0.3 is 21.8 Å². The lowest BCUT2D eigenvalue weighted by Gasteiger charge is -2.52. The molecule has 1 saturated heterocycles. The van der Waals surface area contributed by atoms with Gasteiger partial charge in [0.1, 0.15) is 0 Å². The van der Waals surface area contributed by atoms with Crippen molar-refractivity contribution >= 4 is 17.6 Å². The van der Waals surface area contributed by atoms with Gasteiger partial charge in [0.2, 0.25) is 0 Å². The zero-order valence-corrected chi connectivity index (χ0v) is 36.2. The maximum Gasteiger partial charge on any atom is 0.493 e.